The number of nitrogens with zero attached hydrogens (tertiary/aromatic N) is 3. The fraction of sp³-hybridized carbons (Fsp3) is 0.478. The third-order valence-electron chi connectivity index (χ3n) is 5.36. The molecule has 2 aromatic rings. The Morgan fingerprint density at radius 3 is 2.54 bits per heavy atom. The average molecular weight is 381 g/mol. The number of pyridine rings is 1. The number of rotatable bonds is 8. The second-order valence-electron chi connectivity index (χ2n) is 7.94. The van der Waals surface area contributed by atoms with Crippen LogP contribution in [0.5, 0.6) is 0 Å². The van der Waals surface area contributed by atoms with Gasteiger partial charge in [-0.2, -0.15) is 0 Å². The smallest absolute Gasteiger partial charge is 0.272 e. The number of nitrogens with one attached hydrogen (secondary N) is 1. The van der Waals surface area contributed by atoms with Crippen LogP contribution in [0, 0.1) is 5.92 Å². The maximum atomic E-state index is 12.7. The van der Waals surface area contributed by atoms with Gasteiger partial charge in [0.2, 0.25) is 0 Å². The molecule has 5 heteroatoms. The molecule has 28 heavy (non-hydrogen) atoms. The van der Waals surface area contributed by atoms with Crippen molar-refractivity contribution in [1.82, 2.24) is 14.8 Å². The zero-order valence-corrected chi connectivity index (χ0v) is 17.1. The molecule has 1 aliphatic rings. The van der Waals surface area contributed by atoms with Gasteiger partial charge in [0.1, 0.15) is 5.69 Å². The molecule has 1 fully saturated rings. The summed E-state index contributed by atoms with van der Waals surface area (Å²) in [5, 5.41) is 3.36. The Kier molecular flexibility index (Phi) is 7.43. The molecule has 1 aromatic carbocycles. The van der Waals surface area contributed by atoms with Crippen molar-refractivity contribution >= 4 is 11.6 Å². The Balaban J connectivity index is 1.44. The molecule has 0 atom stereocenters. The molecule has 1 N–H and O–H groups in total. The first kappa shape index (κ1) is 20.3. The Labute approximate surface area is 168 Å². The third-order valence-corrected chi connectivity index (χ3v) is 5.36. The number of carbonyl (C=O) groups excluding carboxylic acids is 1. The van der Waals surface area contributed by atoms with Crippen molar-refractivity contribution in [3.8, 4) is 0 Å². The average Bonchev–Trinajstić information content (AvgIpc) is 2.72. The Morgan fingerprint density at radius 1 is 1.14 bits per heavy atom. The highest BCUT2D eigenvalue weighted by Gasteiger charge is 2.24. The number of hydrogen-bond donors (Lipinski definition) is 1. The second kappa shape index (κ2) is 10.2. The predicted octanol–water partition coefficient (Wildman–Crippen LogP) is 3.54. The number of aromatic nitrogens is 1. The minimum absolute atomic E-state index is 0.0531. The summed E-state index contributed by atoms with van der Waals surface area (Å²) in [7, 11) is 4.15. The predicted molar refractivity (Wildman–Crippen MR) is 115 cm³/mol. The van der Waals surface area contributed by atoms with E-state index in [2.05, 4.69) is 59.6 Å². The summed E-state index contributed by atoms with van der Waals surface area (Å²) in [6.07, 6.45) is 6.07. The number of anilines is 1. The van der Waals surface area contributed by atoms with Gasteiger partial charge in [-0.05, 0) is 69.9 Å². The van der Waals surface area contributed by atoms with Crippen LogP contribution in [0.25, 0.3) is 0 Å². The van der Waals surface area contributed by atoms with Gasteiger partial charge in [0.05, 0.1) is 11.9 Å². The van der Waals surface area contributed by atoms with Crippen molar-refractivity contribution in [2.24, 2.45) is 5.92 Å². The van der Waals surface area contributed by atoms with Gasteiger partial charge in [0.25, 0.3) is 5.91 Å². The molecule has 5 nitrogen and oxygen atoms in total. The van der Waals surface area contributed by atoms with E-state index in [1.807, 2.05) is 17.0 Å². The standard InChI is InChI=1S/C23H32N4O/c1-26(2)14-6-13-24-21-9-10-22(25-18-21)23(28)27-15-11-20(12-16-27)17-19-7-4-3-5-8-19/h3-5,7-10,18,20,24H,6,11-17H2,1-2H3. The first-order valence-corrected chi connectivity index (χ1v) is 10.3. The molecule has 2 heterocycles. The van der Waals surface area contributed by atoms with Gasteiger partial charge < -0.3 is 15.1 Å². The summed E-state index contributed by atoms with van der Waals surface area (Å²) in [6.45, 7) is 3.60. The molecule has 0 saturated carbocycles. The van der Waals surface area contributed by atoms with Crippen LogP contribution in [-0.2, 0) is 6.42 Å². The lowest BCUT2D eigenvalue weighted by atomic mass is 9.90. The molecule has 150 valence electrons. The summed E-state index contributed by atoms with van der Waals surface area (Å²) in [5.74, 6) is 0.713. The molecule has 3 rings (SSSR count). The van der Waals surface area contributed by atoms with Gasteiger partial charge in [-0.25, -0.2) is 4.98 Å². The van der Waals surface area contributed by atoms with E-state index < -0.39 is 0 Å². The normalized spacial score (nSPS) is 15.0. The van der Waals surface area contributed by atoms with Gasteiger partial charge in [-0.15, -0.1) is 0 Å². The van der Waals surface area contributed by atoms with Crippen LogP contribution >= 0.6 is 0 Å². The Morgan fingerprint density at radius 2 is 1.89 bits per heavy atom. The minimum atomic E-state index is 0.0531. The van der Waals surface area contributed by atoms with Crippen LogP contribution in [0.3, 0.4) is 0 Å². The Hall–Kier alpha value is -2.40. The van der Waals surface area contributed by atoms with E-state index in [9.17, 15) is 4.79 Å². The van der Waals surface area contributed by atoms with Crippen molar-refractivity contribution in [1.29, 1.82) is 0 Å². The highest BCUT2D eigenvalue weighted by Crippen LogP contribution is 2.22. The number of likely N-dealkylation sites (tertiary alicyclic amines) is 1. The van der Waals surface area contributed by atoms with Gasteiger partial charge >= 0.3 is 0 Å². The summed E-state index contributed by atoms with van der Waals surface area (Å²) < 4.78 is 0. The first-order chi connectivity index (χ1) is 13.6. The molecule has 0 aliphatic carbocycles. The fourth-order valence-electron chi connectivity index (χ4n) is 3.70. The SMILES string of the molecule is CN(C)CCCNc1ccc(C(=O)N2CCC(Cc3ccccc3)CC2)nc1. The summed E-state index contributed by atoms with van der Waals surface area (Å²) in [5.41, 5.74) is 2.90. The van der Waals surface area contributed by atoms with E-state index in [1.165, 1.54) is 5.56 Å². The lowest BCUT2D eigenvalue weighted by molar-refractivity contribution is 0.0684. The van der Waals surface area contributed by atoms with Crippen LogP contribution in [0.2, 0.25) is 0 Å². The number of benzene rings is 1. The summed E-state index contributed by atoms with van der Waals surface area (Å²) in [4.78, 5) is 21.3. The van der Waals surface area contributed by atoms with Crippen LogP contribution in [0.1, 0.15) is 35.3 Å². The summed E-state index contributed by atoms with van der Waals surface area (Å²) in [6, 6.07) is 14.4. The highest BCUT2D eigenvalue weighted by atomic mass is 16.2. The topological polar surface area (TPSA) is 48.5 Å². The van der Waals surface area contributed by atoms with Crippen molar-refractivity contribution in [3.63, 3.8) is 0 Å². The largest absolute Gasteiger partial charge is 0.384 e. The zero-order chi connectivity index (χ0) is 19.8. The first-order valence-electron chi connectivity index (χ1n) is 10.3. The Bertz CT molecular complexity index is 722. The molecular weight excluding hydrogens is 348 g/mol. The monoisotopic (exact) mass is 380 g/mol. The molecular formula is C23H32N4O. The van der Waals surface area contributed by atoms with Crippen molar-refractivity contribution in [3.05, 3.63) is 59.9 Å². The molecule has 1 amide bonds. The van der Waals surface area contributed by atoms with Crippen LogP contribution in [0.4, 0.5) is 5.69 Å². The maximum absolute atomic E-state index is 12.7. The zero-order valence-electron chi connectivity index (χ0n) is 17.1. The highest BCUT2D eigenvalue weighted by molar-refractivity contribution is 5.92. The summed E-state index contributed by atoms with van der Waals surface area (Å²) >= 11 is 0. The maximum Gasteiger partial charge on any atom is 0.272 e. The molecule has 0 bridgehead atoms. The number of hydrogen-bond acceptors (Lipinski definition) is 4. The molecule has 0 spiro atoms. The molecule has 1 saturated heterocycles. The number of amides is 1. The van der Waals surface area contributed by atoms with Gasteiger partial charge in [0.15, 0.2) is 0 Å². The second-order valence-corrected chi connectivity index (χ2v) is 7.94. The van der Waals surface area contributed by atoms with E-state index >= 15 is 0 Å². The van der Waals surface area contributed by atoms with Crippen molar-refractivity contribution in [2.75, 3.05) is 45.6 Å². The lowest BCUT2D eigenvalue weighted by Gasteiger charge is -2.32. The van der Waals surface area contributed by atoms with Gasteiger partial charge in [-0.3, -0.25) is 4.79 Å². The molecule has 1 aromatic heterocycles. The van der Waals surface area contributed by atoms with E-state index in [0.29, 0.717) is 11.6 Å². The van der Waals surface area contributed by atoms with E-state index in [0.717, 1.165) is 57.5 Å². The number of piperidine rings is 1. The van der Waals surface area contributed by atoms with Gasteiger partial charge in [0, 0.05) is 19.6 Å². The molecule has 0 unspecified atom stereocenters. The van der Waals surface area contributed by atoms with E-state index in [4.69, 9.17) is 0 Å². The van der Waals surface area contributed by atoms with Gasteiger partial charge in [-0.1, -0.05) is 30.3 Å². The third kappa shape index (κ3) is 6.06. The van der Waals surface area contributed by atoms with Crippen LogP contribution in [-0.4, -0.2) is 61.0 Å². The number of carbonyl (C=O) groups is 1. The minimum Gasteiger partial charge on any atom is -0.384 e. The van der Waals surface area contributed by atoms with Crippen LogP contribution < -0.4 is 5.32 Å². The van der Waals surface area contributed by atoms with Crippen molar-refractivity contribution in [2.45, 2.75) is 25.7 Å². The van der Waals surface area contributed by atoms with Crippen LogP contribution in [0.15, 0.2) is 48.7 Å². The van der Waals surface area contributed by atoms with Crippen molar-refractivity contribution < 1.29 is 4.79 Å². The van der Waals surface area contributed by atoms with E-state index in [-0.39, 0.29) is 5.91 Å². The quantitative estimate of drug-likeness (QED) is 0.712. The molecule has 1 aliphatic heterocycles. The fourth-order valence-corrected chi connectivity index (χ4v) is 3.70. The lowest BCUT2D eigenvalue weighted by Crippen LogP contribution is -2.39. The molecule has 0 radical (unpaired) electrons. The van der Waals surface area contributed by atoms with E-state index in [1.54, 1.807) is 6.20 Å².